The zero-order valence-corrected chi connectivity index (χ0v) is 24.4. The number of hydrogen-bond acceptors (Lipinski definition) is 9. The number of primary sulfonamides is 1. The number of carbonyl (C=O) groups is 1. The first-order valence-corrected chi connectivity index (χ1v) is 14.5. The highest BCUT2D eigenvalue weighted by Gasteiger charge is 2.38. The number of nitrogens with two attached hydrogens (primary N) is 1. The van der Waals surface area contributed by atoms with Gasteiger partial charge in [-0.3, -0.25) is 0 Å². The minimum absolute atomic E-state index is 0.228. The molecule has 2 heterocycles. The Hall–Kier alpha value is -5.29. The molecule has 3 aromatic carbocycles. The van der Waals surface area contributed by atoms with Crippen molar-refractivity contribution in [1.29, 1.82) is 0 Å². The summed E-state index contributed by atoms with van der Waals surface area (Å²) in [5, 5.41) is 18.6. The van der Waals surface area contributed by atoms with Gasteiger partial charge in [-0.2, -0.15) is 18.2 Å². The van der Waals surface area contributed by atoms with E-state index in [1.54, 1.807) is 48.7 Å². The van der Waals surface area contributed by atoms with Crippen LogP contribution in [0.15, 0.2) is 79.0 Å². The average molecular weight is 647 g/mol. The van der Waals surface area contributed by atoms with Crippen molar-refractivity contribution in [2.75, 3.05) is 22.6 Å². The minimum atomic E-state index is -5.08. The maximum atomic E-state index is 13.2. The molecule has 5 N–H and O–H groups in total. The first kappa shape index (κ1) is 32.6. The summed E-state index contributed by atoms with van der Waals surface area (Å²) in [5.74, 6) is -1.60. The second-order valence-corrected chi connectivity index (χ2v) is 11.1. The maximum absolute atomic E-state index is 13.2. The van der Waals surface area contributed by atoms with Crippen molar-refractivity contribution in [3.8, 4) is 0 Å². The predicted octanol–water partition coefficient (Wildman–Crippen LogP) is 5.18. The Morgan fingerprint density at radius 3 is 2.18 bits per heavy atom. The number of nitrogens with zero attached hydrogens (tertiary/aromatic N) is 5. The number of alkyl halides is 3. The number of carboxylic acid groups (broad SMARTS) is 1. The molecule has 0 aliphatic rings. The lowest BCUT2D eigenvalue weighted by Crippen LogP contribution is -2.21. The fraction of sp³-hybridized carbons (Fsp3) is 0.143. The third kappa shape index (κ3) is 8.87. The van der Waals surface area contributed by atoms with Crippen LogP contribution in [-0.2, 0) is 27.6 Å². The van der Waals surface area contributed by atoms with E-state index in [2.05, 4.69) is 20.6 Å². The Morgan fingerprint density at radius 1 is 0.978 bits per heavy atom. The van der Waals surface area contributed by atoms with E-state index in [0.29, 0.717) is 29.0 Å². The summed E-state index contributed by atoms with van der Waals surface area (Å²) in [7, 11) is 0.216. The van der Waals surface area contributed by atoms with E-state index in [9.17, 15) is 26.0 Å². The number of anilines is 6. The lowest BCUT2D eigenvalue weighted by molar-refractivity contribution is -0.192. The number of aryl methyl sites for hydroxylation is 1. The molecule has 0 bridgehead atoms. The standard InChI is InChI=1S/C26H25FN8O2S.C2HF3O2/c1-34(24-13-14-29-25(33-24)30-19-7-3-17(4-8-19)16-38(28,36)37)21-11-12-23-22(15-21)32-26(35(23)2)31-20-9-5-18(27)6-10-20;3-2(4,5)1(6)7/h3-15H,16H2,1-2H3,(H,31,32)(H2,28,36,37)(H,29,30,33);(H,6,7). The van der Waals surface area contributed by atoms with Crippen LogP contribution in [0.5, 0.6) is 0 Å². The first-order valence-electron chi connectivity index (χ1n) is 12.8. The third-order valence-corrected chi connectivity index (χ3v) is 6.89. The number of fused-ring (bicyclic) bond motifs is 1. The fourth-order valence-electron chi connectivity index (χ4n) is 3.95. The van der Waals surface area contributed by atoms with Crippen LogP contribution in [-0.4, -0.2) is 52.2 Å². The lowest BCUT2D eigenvalue weighted by Gasteiger charge is -2.19. The molecule has 2 aromatic heterocycles. The number of aliphatic carboxylic acids is 1. The van der Waals surface area contributed by atoms with Crippen LogP contribution in [0.2, 0.25) is 0 Å². The van der Waals surface area contributed by atoms with E-state index in [1.807, 2.05) is 41.8 Å². The largest absolute Gasteiger partial charge is 0.490 e. The van der Waals surface area contributed by atoms with Crippen LogP contribution in [0.25, 0.3) is 11.0 Å². The van der Waals surface area contributed by atoms with Gasteiger partial charge in [0.2, 0.25) is 21.9 Å². The zero-order valence-electron chi connectivity index (χ0n) is 23.6. The van der Waals surface area contributed by atoms with Gasteiger partial charge in [0.25, 0.3) is 0 Å². The van der Waals surface area contributed by atoms with Gasteiger partial charge in [-0.15, -0.1) is 0 Å². The SMILES string of the molecule is CN(c1ccc2c(c1)nc(Nc1ccc(F)cc1)n2C)c1ccnc(Nc2ccc(CS(N)(=O)=O)cc2)n1.O=C(O)C(F)(F)F. The Labute approximate surface area is 254 Å². The molecule has 0 amide bonds. The number of aromatic nitrogens is 4. The predicted molar refractivity (Wildman–Crippen MR) is 161 cm³/mol. The number of sulfonamides is 1. The topological polar surface area (TPSA) is 168 Å². The van der Waals surface area contributed by atoms with Gasteiger partial charge >= 0.3 is 12.1 Å². The molecule has 0 fully saturated rings. The molecule has 5 aromatic rings. The van der Waals surface area contributed by atoms with Crippen LogP contribution in [0.1, 0.15) is 5.56 Å². The molecule has 0 spiro atoms. The smallest absolute Gasteiger partial charge is 0.475 e. The average Bonchev–Trinajstić information content (AvgIpc) is 3.28. The Balaban J connectivity index is 0.000000591. The van der Waals surface area contributed by atoms with E-state index in [0.717, 1.165) is 22.4 Å². The van der Waals surface area contributed by atoms with E-state index in [4.69, 9.17) is 20.0 Å². The van der Waals surface area contributed by atoms with Gasteiger partial charge in [-0.1, -0.05) is 12.1 Å². The van der Waals surface area contributed by atoms with E-state index >= 15 is 0 Å². The Kier molecular flexibility index (Phi) is 9.53. The van der Waals surface area contributed by atoms with Gasteiger partial charge in [0.1, 0.15) is 11.6 Å². The van der Waals surface area contributed by atoms with Crippen molar-refractivity contribution in [3.05, 3.63) is 90.4 Å². The summed E-state index contributed by atoms with van der Waals surface area (Å²) < 4.78 is 69.5. The second kappa shape index (κ2) is 13.1. The minimum Gasteiger partial charge on any atom is -0.475 e. The van der Waals surface area contributed by atoms with Crippen molar-refractivity contribution in [3.63, 3.8) is 0 Å². The number of carboxylic acids is 1. The molecule has 17 heteroatoms. The van der Waals surface area contributed by atoms with E-state index < -0.39 is 22.2 Å². The number of rotatable bonds is 8. The van der Waals surface area contributed by atoms with Crippen molar-refractivity contribution in [2.24, 2.45) is 12.2 Å². The highest BCUT2D eigenvalue weighted by Crippen LogP contribution is 2.29. The van der Waals surface area contributed by atoms with Gasteiger partial charge in [-0.05, 0) is 66.2 Å². The second-order valence-electron chi connectivity index (χ2n) is 9.53. The molecule has 12 nitrogen and oxygen atoms in total. The fourth-order valence-corrected chi connectivity index (χ4v) is 4.60. The van der Waals surface area contributed by atoms with Crippen LogP contribution >= 0.6 is 0 Å². The number of hydrogen-bond donors (Lipinski definition) is 4. The van der Waals surface area contributed by atoms with Crippen molar-refractivity contribution in [1.82, 2.24) is 19.5 Å². The molecule has 0 saturated carbocycles. The normalized spacial score (nSPS) is 11.4. The van der Waals surface area contributed by atoms with Crippen LogP contribution in [0.4, 0.5) is 52.3 Å². The number of nitrogens with one attached hydrogen (secondary N) is 2. The first-order chi connectivity index (χ1) is 21.1. The third-order valence-electron chi connectivity index (χ3n) is 6.16. The van der Waals surface area contributed by atoms with Gasteiger partial charge in [0, 0.05) is 37.4 Å². The van der Waals surface area contributed by atoms with E-state index in [1.165, 1.54) is 12.1 Å². The summed E-state index contributed by atoms with van der Waals surface area (Å²) in [6.45, 7) is 0. The molecule has 0 aliphatic carbocycles. The number of imidazole rings is 1. The monoisotopic (exact) mass is 646 g/mol. The van der Waals surface area contributed by atoms with Crippen LogP contribution in [0.3, 0.4) is 0 Å². The summed E-state index contributed by atoms with van der Waals surface area (Å²) in [4.78, 5) is 24.4. The highest BCUT2D eigenvalue weighted by molar-refractivity contribution is 7.88. The van der Waals surface area contributed by atoms with Gasteiger partial charge < -0.3 is 25.2 Å². The lowest BCUT2D eigenvalue weighted by atomic mass is 10.2. The molecule has 0 unspecified atom stereocenters. The van der Waals surface area contributed by atoms with Crippen LogP contribution in [0, 0.1) is 5.82 Å². The van der Waals surface area contributed by atoms with Gasteiger partial charge in [-0.25, -0.2) is 32.7 Å². The van der Waals surface area contributed by atoms with Gasteiger partial charge in [0.15, 0.2) is 0 Å². The summed E-state index contributed by atoms with van der Waals surface area (Å²) in [6.07, 6.45) is -3.43. The molecular formula is C28H26F4N8O4S. The number of benzene rings is 3. The quantitative estimate of drug-likeness (QED) is 0.165. The van der Waals surface area contributed by atoms with Crippen LogP contribution < -0.4 is 20.7 Å². The zero-order chi connectivity index (χ0) is 32.9. The molecule has 5 rings (SSSR count). The molecule has 236 valence electrons. The summed E-state index contributed by atoms with van der Waals surface area (Å²) in [6, 6.07) is 20.7. The van der Waals surface area contributed by atoms with Crippen molar-refractivity contribution >= 4 is 61.8 Å². The van der Waals surface area contributed by atoms with Crippen molar-refractivity contribution in [2.45, 2.75) is 11.9 Å². The van der Waals surface area contributed by atoms with Gasteiger partial charge in [0.05, 0.1) is 16.8 Å². The van der Waals surface area contributed by atoms with Crippen molar-refractivity contribution < 1.29 is 35.9 Å². The maximum Gasteiger partial charge on any atom is 0.490 e. The molecule has 0 atom stereocenters. The Bertz CT molecular complexity index is 1920. The molecule has 45 heavy (non-hydrogen) atoms. The Morgan fingerprint density at radius 2 is 1.58 bits per heavy atom. The van der Waals surface area contributed by atoms with E-state index in [-0.39, 0.29) is 11.6 Å². The number of halogens is 4. The molecular weight excluding hydrogens is 620 g/mol. The molecule has 0 radical (unpaired) electrons. The molecule has 0 aliphatic heterocycles. The summed E-state index contributed by atoms with van der Waals surface area (Å²) >= 11 is 0. The highest BCUT2D eigenvalue weighted by atomic mass is 32.2. The summed E-state index contributed by atoms with van der Waals surface area (Å²) in [5.41, 5.74) is 4.63. The molecule has 0 saturated heterocycles.